The predicted molar refractivity (Wildman–Crippen MR) is 77.8 cm³/mol. The van der Waals surface area contributed by atoms with Crippen molar-refractivity contribution in [2.75, 3.05) is 0 Å². The highest BCUT2D eigenvalue weighted by Gasteiger charge is 2.47. The summed E-state index contributed by atoms with van der Waals surface area (Å²) in [5, 5.41) is 8.31. The van der Waals surface area contributed by atoms with Crippen molar-refractivity contribution in [3.63, 3.8) is 0 Å². The lowest BCUT2D eigenvalue weighted by molar-refractivity contribution is -0.0395. The molecule has 0 aliphatic heterocycles. The van der Waals surface area contributed by atoms with Crippen LogP contribution in [0.1, 0.15) is 49.9 Å². The van der Waals surface area contributed by atoms with E-state index in [1.165, 1.54) is 37.8 Å². The third kappa shape index (κ3) is 2.00. The first-order chi connectivity index (χ1) is 9.74. The second-order valence-corrected chi connectivity index (χ2v) is 7.44. The summed E-state index contributed by atoms with van der Waals surface area (Å²) in [6, 6.07) is 0. The van der Waals surface area contributed by atoms with Crippen LogP contribution in [-0.2, 0) is 20.0 Å². The van der Waals surface area contributed by atoms with Crippen LogP contribution in [0.5, 0.6) is 0 Å². The van der Waals surface area contributed by atoms with Crippen LogP contribution in [0.2, 0.25) is 0 Å². The summed E-state index contributed by atoms with van der Waals surface area (Å²) < 4.78 is 1.93. The molecule has 0 radical (unpaired) electrons. The van der Waals surface area contributed by atoms with E-state index in [1.807, 2.05) is 11.7 Å². The van der Waals surface area contributed by atoms with E-state index in [4.69, 9.17) is 5.73 Å². The van der Waals surface area contributed by atoms with Crippen LogP contribution < -0.4 is 5.73 Å². The third-order valence-electron chi connectivity index (χ3n) is 6.35. The zero-order chi connectivity index (χ0) is 13.7. The summed E-state index contributed by atoms with van der Waals surface area (Å²) >= 11 is 0. The molecule has 5 rings (SSSR count). The van der Waals surface area contributed by atoms with Gasteiger partial charge in [0.05, 0.1) is 11.4 Å². The largest absolute Gasteiger partial charge is 0.325 e. The van der Waals surface area contributed by atoms with Crippen LogP contribution in [-0.4, -0.2) is 15.0 Å². The van der Waals surface area contributed by atoms with Crippen molar-refractivity contribution in [2.45, 2.75) is 51.5 Å². The van der Waals surface area contributed by atoms with Crippen LogP contribution in [0, 0.1) is 29.6 Å². The normalized spacial score (nSPS) is 38.6. The Morgan fingerprint density at radius 1 is 1.10 bits per heavy atom. The summed E-state index contributed by atoms with van der Waals surface area (Å²) in [5.41, 5.74) is 8.03. The average molecular weight is 274 g/mol. The summed E-state index contributed by atoms with van der Waals surface area (Å²) in [6.45, 7) is 0.519. The van der Waals surface area contributed by atoms with Gasteiger partial charge < -0.3 is 5.73 Å². The molecular formula is C16H26N4. The maximum atomic E-state index is 5.77. The molecule has 4 aliphatic rings. The highest BCUT2D eigenvalue weighted by molar-refractivity contribution is 5.10. The summed E-state index contributed by atoms with van der Waals surface area (Å²) in [6.07, 6.45) is 10.1. The molecule has 0 atom stereocenters. The minimum absolute atomic E-state index is 0.519. The van der Waals surface area contributed by atoms with Gasteiger partial charge in [0.15, 0.2) is 0 Å². The third-order valence-corrected chi connectivity index (χ3v) is 6.35. The molecule has 0 spiro atoms. The van der Waals surface area contributed by atoms with Crippen LogP contribution in [0.25, 0.3) is 0 Å². The van der Waals surface area contributed by atoms with Gasteiger partial charge >= 0.3 is 0 Å². The first-order valence-electron chi connectivity index (χ1n) is 8.32. The van der Waals surface area contributed by atoms with Crippen molar-refractivity contribution in [3.8, 4) is 0 Å². The van der Waals surface area contributed by atoms with Gasteiger partial charge in [0, 0.05) is 13.6 Å². The Balaban J connectivity index is 1.46. The summed E-state index contributed by atoms with van der Waals surface area (Å²) in [4.78, 5) is 0. The van der Waals surface area contributed by atoms with E-state index in [0.717, 1.165) is 41.7 Å². The molecular weight excluding hydrogens is 248 g/mol. The van der Waals surface area contributed by atoms with Crippen molar-refractivity contribution < 1.29 is 0 Å². The molecule has 4 saturated carbocycles. The van der Waals surface area contributed by atoms with Gasteiger partial charge in [-0.15, -0.1) is 5.10 Å². The zero-order valence-corrected chi connectivity index (χ0v) is 12.5. The number of nitrogens with zero attached hydrogens (tertiary/aromatic N) is 3. The number of aromatic nitrogens is 3. The lowest BCUT2D eigenvalue weighted by atomic mass is 9.51. The van der Waals surface area contributed by atoms with Gasteiger partial charge in [0.25, 0.3) is 0 Å². The topological polar surface area (TPSA) is 56.7 Å². The molecule has 1 aromatic rings. The van der Waals surface area contributed by atoms with E-state index in [1.54, 1.807) is 6.42 Å². The second kappa shape index (κ2) is 4.83. The Bertz CT molecular complexity index is 465. The zero-order valence-electron chi connectivity index (χ0n) is 12.5. The number of nitrogens with two attached hydrogens (primary N) is 1. The van der Waals surface area contributed by atoms with Gasteiger partial charge in [0.2, 0.25) is 0 Å². The maximum absolute atomic E-state index is 5.77. The van der Waals surface area contributed by atoms with Gasteiger partial charge in [-0.25, -0.2) is 0 Å². The number of hydrogen-bond acceptors (Lipinski definition) is 3. The molecule has 4 heteroatoms. The molecule has 4 aliphatic carbocycles. The molecule has 0 amide bonds. The Morgan fingerprint density at radius 3 is 2.35 bits per heavy atom. The quantitative estimate of drug-likeness (QED) is 0.916. The smallest absolute Gasteiger partial charge is 0.0994 e. The molecule has 0 saturated heterocycles. The van der Waals surface area contributed by atoms with Crippen molar-refractivity contribution in [2.24, 2.45) is 42.4 Å². The van der Waals surface area contributed by atoms with Crippen molar-refractivity contribution in [1.29, 1.82) is 0 Å². The molecule has 1 heterocycles. The van der Waals surface area contributed by atoms with Crippen molar-refractivity contribution in [1.82, 2.24) is 15.0 Å². The van der Waals surface area contributed by atoms with Gasteiger partial charge in [-0.1, -0.05) is 5.21 Å². The second-order valence-electron chi connectivity index (χ2n) is 7.44. The van der Waals surface area contributed by atoms with Crippen LogP contribution in [0.3, 0.4) is 0 Å². The van der Waals surface area contributed by atoms with E-state index < -0.39 is 0 Å². The fourth-order valence-electron chi connectivity index (χ4n) is 5.70. The SMILES string of the molecule is Cn1nnc(CN)c1CCC1C2CC3CC(C2)CC1C3. The molecule has 110 valence electrons. The van der Waals surface area contributed by atoms with Crippen LogP contribution in [0.4, 0.5) is 0 Å². The Morgan fingerprint density at radius 2 is 1.75 bits per heavy atom. The van der Waals surface area contributed by atoms with E-state index in [0.29, 0.717) is 6.54 Å². The van der Waals surface area contributed by atoms with E-state index in [2.05, 4.69) is 10.3 Å². The minimum atomic E-state index is 0.519. The fourth-order valence-corrected chi connectivity index (χ4v) is 5.70. The number of rotatable bonds is 4. The summed E-state index contributed by atoms with van der Waals surface area (Å²) in [7, 11) is 2.00. The van der Waals surface area contributed by atoms with Crippen LogP contribution in [0.15, 0.2) is 0 Å². The highest BCUT2D eigenvalue weighted by atomic mass is 15.4. The van der Waals surface area contributed by atoms with Crippen LogP contribution >= 0.6 is 0 Å². The molecule has 4 bridgehead atoms. The van der Waals surface area contributed by atoms with E-state index in [9.17, 15) is 0 Å². The van der Waals surface area contributed by atoms with Crippen molar-refractivity contribution in [3.05, 3.63) is 11.4 Å². The molecule has 20 heavy (non-hydrogen) atoms. The van der Waals surface area contributed by atoms with Gasteiger partial charge in [-0.05, 0) is 74.5 Å². The Kier molecular flexibility index (Phi) is 3.09. The summed E-state index contributed by atoms with van der Waals surface area (Å²) in [5.74, 6) is 5.16. The molecule has 0 unspecified atom stereocenters. The maximum Gasteiger partial charge on any atom is 0.0994 e. The Labute approximate surface area is 121 Å². The van der Waals surface area contributed by atoms with Crippen molar-refractivity contribution >= 4 is 0 Å². The number of aryl methyl sites for hydroxylation is 1. The van der Waals surface area contributed by atoms with Gasteiger partial charge in [-0.3, -0.25) is 4.68 Å². The number of hydrogen-bond donors (Lipinski definition) is 1. The predicted octanol–water partition coefficient (Wildman–Crippen LogP) is 2.28. The minimum Gasteiger partial charge on any atom is -0.325 e. The molecule has 2 N–H and O–H groups in total. The Hall–Kier alpha value is -0.900. The lowest BCUT2D eigenvalue weighted by Crippen LogP contribution is -2.45. The molecule has 4 fully saturated rings. The van der Waals surface area contributed by atoms with Gasteiger partial charge in [0.1, 0.15) is 0 Å². The van der Waals surface area contributed by atoms with E-state index in [-0.39, 0.29) is 0 Å². The van der Waals surface area contributed by atoms with E-state index >= 15 is 0 Å². The molecule has 1 aromatic heterocycles. The first-order valence-corrected chi connectivity index (χ1v) is 8.32. The monoisotopic (exact) mass is 274 g/mol. The fraction of sp³-hybridized carbons (Fsp3) is 0.875. The highest BCUT2D eigenvalue weighted by Crippen LogP contribution is 2.57. The average Bonchev–Trinajstić information content (AvgIpc) is 2.78. The standard InChI is InChI=1S/C16H26N4/c1-20-16(15(9-17)18-19-20)3-2-14-12-5-10-4-11(7-12)8-13(14)6-10/h10-14H,2-9,17H2,1H3. The first kappa shape index (κ1) is 12.8. The lowest BCUT2D eigenvalue weighted by Gasteiger charge is -2.54. The van der Waals surface area contributed by atoms with Gasteiger partial charge in [-0.2, -0.15) is 0 Å². The molecule has 4 nitrogen and oxygen atoms in total. The molecule has 0 aromatic carbocycles.